The van der Waals surface area contributed by atoms with E-state index in [9.17, 15) is 19.1 Å². The summed E-state index contributed by atoms with van der Waals surface area (Å²) < 4.78 is 19.3. The van der Waals surface area contributed by atoms with E-state index in [4.69, 9.17) is 4.74 Å². The highest BCUT2D eigenvalue weighted by Crippen LogP contribution is 2.38. The normalized spacial score (nSPS) is 10.4. The molecule has 1 amide bonds. The number of amides is 1. The molecule has 0 unspecified atom stereocenters. The third-order valence-electron chi connectivity index (χ3n) is 4.33. The summed E-state index contributed by atoms with van der Waals surface area (Å²) in [4.78, 5) is 22.9. The number of nitrogens with one attached hydrogen (secondary N) is 1. The Hall–Kier alpha value is -3.67. The molecule has 0 atom stereocenters. The number of hydrogen-bond donors (Lipinski definition) is 2. The van der Waals surface area contributed by atoms with Gasteiger partial charge in [0.2, 0.25) is 5.91 Å². The van der Waals surface area contributed by atoms with E-state index in [-0.39, 0.29) is 17.3 Å². The van der Waals surface area contributed by atoms with E-state index >= 15 is 0 Å². The predicted molar refractivity (Wildman–Crippen MR) is 109 cm³/mol. The van der Waals surface area contributed by atoms with Gasteiger partial charge in [-0.1, -0.05) is 36.4 Å². The van der Waals surface area contributed by atoms with Crippen molar-refractivity contribution in [2.24, 2.45) is 0 Å². The van der Waals surface area contributed by atoms with E-state index in [1.807, 2.05) is 0 Å². The number of hydrogen-bond acceptors (Lipinski definition) is 4. The Morgan fingerprint density at radius 2 is 1.62 bits per heavy atom. The van der Waals surface area contributed by atoms with Crippen molar-refractivity contribution in [3.05, 3.63) is 72.0 Å². The minimum absolute atomic E-state index is 0.0111. The maximum absolute atomic E-state index is 14.3. The van der Waals surface area contributed by atoms with Crippen LogP contribution in [0.1, 0.15) is 24.2 Å². The molecule has 3 rings (SSSR count). The number of phenols is 1. The second-order valence-electron chi connectivity index (χ2n) is 6.38. The SMILES string of the molecule is CCOC(=O)c1ccc(-c2cccc(-c3ccc(NC(C)=O)c(F)c3)c2O)cc1. The van der Waals surface area contributed by atoms with Gasteiger partial charge in [-0.3, -0.25) is 4.79 Å². The molecule has 0 saturated carbocycles. The van der Waals surface area contributed by atoms with E-state index in [0.717, 1.165) is 0 Å². The third kappa shape index (κ3) is 4.43. The fourth-order valence-electron chi connectivity index (χ4n) is 2.98. The fraction of sp³-hybridized carbons (Fsp3) is 0.130. The van der Waals surface area contributed by atoms with Crippen molar-refractivity contribution in [3.63, 3.8) is 0 Å². The molecule has 0 aromatic heterocycles. The van der Waals surface area contributed by atoms with Crippen molar-refractivity contribution in [3.8, 4) is 28.0 Å². The molecule has 2 N–H and O–H groups in total. The first-order valence-electron chi connectivity index (χ1n) is 9.07. The van der Waals surface area contributed by atoms with E-state index < -0.39 is 11.8 Å². The molecule has 0 heterocycles. The van der Waals surface area contributed by atoms with Gasteiger partial charge in [-0.05, 0) is 42.3 Å². The molecule has 0 aliphatic heterocycles. The van der Waals surface area contributed by atoms with E-state index in [1.165, 1.54) is 19.1 Å². The van der Waals surface area contributed by atoms with Crippen molar-refractivity contribution in [1.29, 1.82) is 0 Å². The summed E-state index contributed by atoms with van der Waals surface area (Å²) in [5.74, 6) is -1.39. The predicted octanol–water partition coefficient (Wildman–Crippen LogP) is 5.00. The minimum Gasteiger partial charge on any atom is -0.507 e. The summed E-state index contributed by atoms with van der Waals surface area (Å²) in [5, 5.41) is 13.2. The van der Waals surface area contributed by atoms with Crippen LogP contribution in [0.5, 0.6) is 5.75 Å². The lowest BCUT2D eigenvalue weighted by Gasteiger charge is -2.12. The summed E-state index contributed by atoms with van der Waals surface area (Å²) >= 11 is 0. The Morgan fingerprint density at radius 3 is 2.21 bits per heavy atom. The number of phenolic OH excluding ortho intramolecular Hbond substituents is 1. The number of carbonyl (C=O) groups excluding carboxylic acids is 2. The van der Waals surface area contributed by atoms with Crippen molar-refractivity contribution in [1.82, 2.24) is 0 Å². The zero-order valence-electron chi connectivity index (χ0n) is 16.0. The van der Waals surface area contributed by atoms with Crippen LogP contribution in [-0.4, -0.2) is 23.6 Å². The van der Waals surface area contributed by atoms with Crippen LogP contribution < -0.4 is 5.32 Å². The number of ether oxygens (including phenoxy) is 1. The molecule has 5 nitrogen and oxygen atoms in total. The molecule has 3 aromatic rings. The molecule has 0 aliphatic rings. The van der Waals surface area contributed by atoms with Crippen LogP contribution in [-0.2, 0) is 9.53 Å². The van der Waals surface area contributed by atoms with Gasteiger partial charge in [-0.2, -0.15) is 0 Å². The van der Waals surface area contributed by atoms with E-state index in [0.29, 0.717) is 34.4 Å². The Labute approximate surface area is 167 Å². The van der Waals surface area contributed by atoms with Gasteiger partial charge in [0, 0.05) is 18.1 Å². The zero-order chi connectivity index (χ0) is 21.0. The van der Waals surface area contributed by atoms with Gasteiger partial charge in [-0.15, -0.1) is 0 Å². The monoisotopic (exact) mass is 393 g/mol. The first-order valence-corrected chi connectivity index (χ1v) is 9.07. The third-order valence-corrected chi connectivity index (χ3v) is 4.33. The summed E-state index contributed by atoms with van der Waals surface area (Å²) in [5.41, 5.74) is 2.66. The van der Waals surface area contributed by atoms with Crippen LogP contribution in [0.4, 0.5) is 10.1 Å². The molecule has 0 fully saturated rings. The minimum atomic E-state index is -0.596. The lowest BCUT2D eigenvalue weighted by molar-refractivity contribution is -0.114. The Bertz CT molecular complexity index is 1060. The van der Waals surface area contributed by atoms with Gasteiger partial charge < -0.3 is 15.2 Å². The smallest absolute Gasteiger partial charge is 0.338 e. The fourth-order valence-corrected chi connectivity index (χ4v) is 2.98. The van der Waals surface area contributed by atoms with Crippen LogP contribution in [0.3, 0.4) is 0 Å². The molecule has 29 heavy (non-hydrogen) atoms. The number of benzene rings is 3. The van der Waals surface area contributed by atoms with Crippen molar-refractivity contribution in [2.45, 2.75) is 13.8 Å². The Balaban J connectivity index is 1.95. The number of rotatable bonds is 5. The maximum atomic E-state index is 14.3. The standard InChI is InChI=1S/C23H20FNO4/c1-3-29-23(28)16-9-7-15(8-10-16)18-5-4-6-19(22(18)27)17-11-12-21(20(24)13-17)25-14(2)26/h4-13,27H,3H2,1-2H3,(H,25,26). The van der Waals surface area contributed by atoms with Gasteiger partial charge in [0.1, 0.15) is 11.6 Å². The van der Waals surface area contributed by atoms with Crippen LogP contribution in [0, 0.1) is 5.82 Å². The van der Waals surface area contributed by atoms with E-state index in [1.54, 1.807) is 55.5 Å². The first-order chi connectivity index (χ1) is 13.9. The molecule has 0 aliphatic carbocycles. The maximum Gasteiger partial charge on any atom is 0.338 e. The number of carbonyl (C=O) groups is 2. The van der Waals surface area contributed by atoms with Crippen molar-refractivity contribution >= 4 is 17.6 Å². The van der Waals surface area contributed by atoms with Gasteiger partial charge >= 0.3 is 5.97 Å². The molecule has 0 saturated heterocycles. The molecular formula is C23H20FNO4. The Kier molecular flexibility index (Phi) is 5.93. The highest BCUT2D eigenvalue weighted by Gasteiger charge is 2.14. The average molecular weight is 393 g/mol. The highest BCUT2D eigenvalue weighted by molar-refractivity contribution is 5.91. The van der Waals surface area contributed by atoms with Crippen molar-refractivity contribution in [2.75, 3.05) is 11.9 Å². The van der Waals surface area contributed by atoms with Crippen LogP contribution in [0.25, 0.3) is 22.3 Å². The molecule has 0 spiro atoms. The molecule has 148 valence electrons. The number of anilines is 1. The number of para-hydroxylation sites is 1. The highest BCUT2D eigenvalue weighted by atomic mass is 19.1. The largest absolute Gasteiger partial charge is 0.507 e. The summed E-state index contributed by atoms with van der Waals surface area (Å²) in [6.07, 6.45) is 0. The van der Waals surface area contributed by atoms with Gasteiger partial charge in [0.05, 0.1) is 17.9 Å². The van der Waals surface area contributed by atoms with Crippen LogP contribution >= 0.6 is 0 Å². The first kappa shape index (κ1) is 20.1. The molecular weight excluding hydrogens is 373 g/mol. The quantitative estimate of drug-likeness (QED) is 0.598. The lowest BCUT2D eigenvalue weighted by atomic mass is 9.96. The molecule has 6 heteroatoms. The average Bonchev–Trinajstić information content (AvgIpc) is 2.70. The second kappa shape index (κ2) is 8.56. The van der Waals surface area contributed by atoms with Crippen LogP contribution in [0.15, 0.2) is 60.7 Å². The van der Waals surface area contributed by atoms with Gasteiger partial charge in [0.25, 0.3) is 0 Å². The van der Waals surface area contributed by atoms with Crippen molar-refractivity contribution < 1.29 is 23.8 Å². The lowest BCUT2D eigenvalue weighted by Crippen LogP contribution is -2.07. The van der Waals surface area contributed by atoms with Crippen LogP contribution in [0.2, 0.25) is 0 Å². The molecule has 0 bridgehead atoms. The van der Waals surface area contributed by atoms with Gasteiger partial charge in [-0.25, -0.2) is 9.18 Å². The second-order valence-corrected chi connectivity index (χ2v) is 6.38. The summed E-state index contributed by atoms with van der Waals surface area (Å²) in [6.45, 7) is 3.33. The zero-order valence-corrected chi connectivity index (χ0v) is 16.0. The van der Waals surface area contributed by atoms with E-state index in [2.05, 4.69) is 5.32 Å². The molecule has 3 aromatic carbocycles. The number of aromatic hydroxyl groups is 1. The summed E-state index contributed by atoms with van der Waals surface area (Å²) in [6, 6.07) is 16.2. The topological polar surface area (TPSA) is 75.6 Å². The Morgan fingerprint density at radius 1 is 1.00 bits per heavy atom. The summed E-state index contributed by atoms with van der Waals surface area (Å²) in [7, 11) is 0. The van der Waals surface area contributed by atoms with Gasteiger partial charge in [0.15, 0.2) is 0 Å². The molecule has 0 radical (unpaired) electrons. The number of halogens is 1. The number of esters is 1.